The Morgan fingerprint density at radius 1 is 1.47 bits per heavy atom. The molecule has 1 aliphatic rings. The van der Waals surface area contributed by atoms with Crippen molar-refractivity contribution in [3.63, 3.8) is 0 Å². The van der Waals surface area contributed by atoms with Crippen molar-refractivity contribution in [1.82, 2.24) is 0 Å². The summed E-state index contributed by atoms with van der Waals surface area (Å²) in [6.45, 7) is 3.28. The summed E-state index contributed by atoms with van der Waals surface area (Å²) in [6.07, 6.45) is 2.97. The Morgan fingerprint density at radius 2 is 2.26 bits per heavy atom. The van der Waals surface area contributed by atoms with Gasteiger partial charge in [0, 0.05) is 17.7 Å². The van der Waals surface area contributed by atoms with Gasteiger partial charge >= 0.3 is 0 Å². The molecule has 0 amide bonds. The van der Waals surface area contributed by atoms with Gasteiger partial charge in [0.15, 0.2) is 0 Å². The minimum Gasteiger partial charge on any atom is -0.489 e. The third-order valence-electron chi connectivity index (χ3n) is 3.06. The lowest BCUT2D eigenvalue weighted by molar-refractivity contribution is 0.0676. The molecule has 1 aliphatic heterocycles. The molecule has 1 heterocycles. The summed E-state index contributed by atoms with van der Waals surface area (Å²) in [4.78, 5) is 0. The molecule has 19 heavy (non-hydrogen) atoms. The Labute approximate surface area is 124 Å². The fraction of sp³-hybridized carbons (Fsp3) is 0.571. The van der Waals surface area contributed by atoms with E-state index in [1.54, 1.807) is 6.07 Å². The number of hydrogen-bond acceptors (Lipinski definition) is 3. The molecule has 0 aromatic heterocycles. The number of rotatable bonds is 5. The molecule has 0 aliphatic carbocycles. The molecule has 3 nitrogen and oxygen atoms in total. The Hall–Kier alpha value is -0.480. The van der Waals surface area contributed by atoms with Crippen LogP contribution in [-0.2, 0) is 11.2 Å². The van der Waals surface area contributed by atoms with Gasteiger partial charge in [0.2, 0.25) is 0 Å². The lowest BCUT2D eigenvalue weighted by atomic mass is 10.1. The van der Waals surface area contributed by atoms with E-state index in [1.165, 1.54) is 0 Å². The van der Waals surface area contributed by atoms with E-state index in [2.05, 4.69) is 0 Å². The molecule has 0 bridgehead atoms. The Bertz CT molecular complexity index is 432. The molecule has 0 saturated carbocycles. The van der Waals surface area contributed by atoms with Crippen LogP contribution in [0.5, 0.6) is 5.75 Å². The number of nitrogens with two attached hydrogens (primary N) is 1. The van der Waals surface area contributed by atoms with E-state index < -0.39 is 0 Å². The van der Waals surface area contributed by atoms with Crippen LogP contribution in [0.4, 0.5) is 0 Å². The van der Waals surface area contributed by atoms with Crippen LogP contribution >= 0.6 is 23.2 Å². The molecule has 106 valence electrons. The van der Waals surface area contributed by atoms with Gasteiger partial charge < -0.3 is 15.2 Å². The van der Waals surface area contributed by atoms with Gasteiger partial charge in [0.1, 0.15) is 12.4 Å². The normalized spacial score (nSPS) is 20.5. The maximum absolute atomic E-state index is 6.21. The molecule has 1 saturated heterocycles. The first-order valence-corrected chi connectivity index (χ1v) is 7.29. The number of benzene rings is 1. The van der Waals surface area contributed by atoms with Crippen LogP contribution in [-0.4, -0.2) is 25.4 Å². The monoisotopic (exact) mass is 303 g/mol. The molecule has 5 heteroatoms. The second-order valence-electron chi connectivity index (χ2n) is 5.00. The van der Waals surface area contributed by atoms with E-state index in [-0.39, 0.29) is 12.1 Å². The first-order chi connectivity index (χ1) is 9.06. The van der Waals surface area contributed by atoms with E-state index >= 15 is 0 Å². The predicted molar refractivity (Wildman–Crippen MR) is 78.3 cm³/mol. The van der Waals surface area contributed by atoms with Crippen molar-refractivity contribution in [2.45, 2.75) is 38.3 Å². The van der Waals surface area contributed by atoms with Gasteiger partial charge in [0.05, 0.1) is 11.1 Å². The van der Waals surface area contributed by atoms with Gasteiger partial charge in [-0.1, -0.05) is 23.2 Å². The standard InChI is InChI=1S/C14H19Cl2NO2/c1-9(17)5-10-6-11(15)7-13(16)14(10)19-8-12-3-2-4-18-12/h6-7,9,12H,2-5,8,17H2,1H3. The van der Waals surface area contributed by atoms with Crippen molar-refractivity contribution in [3.05, 3.63) is 27.7 Å². The SMILES string of the molecule is CC(N)Cc1cc(Cl)cc(Cl)c1OCC1CCCO1. The molecule has 2 atom stereocenters. The minimum atomic E-state index is 0.0274. The summed E-state index contributed by atoms with van der Waals surface area (Å²) in [6, 6.07) is 3.58. The summed E-state index contributed by atoms with van der Waals surface area (Å²) in [7, 11) is 0. The zero-order valence-corrected chi connectivity index (χ0v) is 12.5. The van der Waals surface area contributed by atoms with Crippen LogP contribution in [0, 0.1) is 0 Å². The molecule has 1 aromatic carbocycles. The second kappa shape index (κ2) is 6.80. The highest BCUT2D eigenvalue weighted by Crippen LogP contribution is 2.33. The van der Waals surface area contributed by atoms with Crippen LogP contribution in [0.3, 0.4) is 0 Å². The summed E-state index contributed by atoms with van der Waals surface area (Å²) in [5.74, 6) is 0.680. The maximum Gasteiger partial charge on any atom is 0.141 e. The van der Waals surface area contributed by atoms with E-state index in [1.807, 2.05) is 13.0 Å². The highest BCUT2D eigenvalue weighted by atomic mass is 35.5. The van der Waals surface area contributed by atoms with Crippen LogP contribution < -0.4 is 10.5 Å². The molecule has 2 unspecified atom stereocenters. The van der Waals surface area contributed by atoms with Crippen molar-refractivity contribution in [3.8, 4) is 5.75 Å². The lowest BCUT2D eigenvalue weighted by Crippen LogP contribution is -2.20. The maximum atomic E-state index is 6.21. The third-order valence-corrected chi connectivity index (χ3v) is 3.56. The quantitative estimate of drug-likeness (QED) is 0.906. The van der Waals surface area contributed by atoms with Gasteiger partial charge in [0.25, 0.3) is 0 Å². The van der Waals surface area contributed by atoms with Gasteiger partial charge in [-0.15, -0.1) is 0 Å². The molecule has 2 rings (SSSR count). The Morgan fingerprint density at radius 3 is 2.89 bits per heavy atom. The van der Waals surface area contributed by atoms with Gasteiger partial charge in [-0.2, -0.15) is 0 Å². The van der Waals surface area contributed by atoms with Crippen molar-refractivity contribution >= 4 is 23.2 Å². The minimum absolute atomic E-state index is 0.0274. The summed E-state index contributed by atoms with van der Waals surface area (Å²) < 4.78 is 11.4. The van der Waals surface area contributed by atoms with Crippen molar-refractivity contribution in [2.75, 3.05) is 13.2 Å². The van der Waals surface area contributed by atoms with Crippen molar-refractivity contribution in [2.24, 2.45) is 5.73 Å². The van der Waals surface area contributed by atoms with Gasteiger partial charge in [-0.25, -0.2) is 0 Å². The molecule has 0 spiro atoms. The summed E-state index contributed by atoms with van der Waals surface area (Å²) >= 11 is 12.2. The zero-order valence-electron chi connectivity index (χ0n) is 11.0. The Balaban J connectivity index is 2.11. The average molecular weight is 304 g/mol. The predicted octanol–water partition coefficient (Wildman–Crippen LogP) is 3.44. The summed E-state index contributed by atoms with van der Waals surface area (Å²) in [5, 5.41) is 1.13. The smallest absolute Gasteiger partial charge is 0.141 e. The van der Waals surface area contributed by atoms with E-state index in [0.717, 1.165) is 25.0 Å². The van der Waals surface area contributed by atoms with Crippen LogP contribution in [0.25, 0.3) is 0 Å². The zero-order chi connectivity index (χ0) is 13.8. The molecular formula is C14H19Cl2NO2. The molecule has 2 N–H and O–H groups in total. The lowest BCUT2D eigenvalue weighted by Gasteiger charge is -2.17. The largest absolute Gasteiger partial charge is 0.489 e. The molecule has 1 fully saturated rings. The van der Waals surface area contributed by atoms with Gasteiger partial charge in [-0.05, 0) is 43.9 Å². The highest BCUT2D eigenvalue weighted by Gasteiger charge is 2.18. The van der Waals surface area contributed by atoms with Crippen molar-refractivity contribution in [1.29, 1.82) is 0 Å². The second-order valence-corrected chi connectivity index (χ2v) is 5.85. The van der Waals surface area contributed by atoms with Crippen LogP contribution in [0.1, 0.15) is 25.3 Å². The van der Waals surface area contributed by atoms with Crippen LogP contribution in [0.2, 0.25) is 10.0 Å². The molecule has 1 aromatic rings. The average Bonchev–Trinajstić information content (AvgIpc) is 2.79. The molecule has 0 radical (unpaired) electrons. The fourth-order valence-electron chi connectivity index (χ4n) is 2.23. The van der Waals surface area contributed by atoms with Crippen molar-refractivity contribution < 1.29 is 9.47 Å². The highest BCUT2D eigenvalue weighted by molar-refractivity contribution is 6.35. The van der Waals surface area contributed by atoms with E-state index in [0.29, 0.717) is 28.8 Å². The first-order valence-electron chi connectivity index (χ1n) is 6.54. The fourth-order valence-corrected chi connectivity index (χ4v) is 2.82. The summed E-state index contributed by atoms with van der Waals surface area (Å²) in [5.41, 5.74) is 6.79. The number of halogens is 2. The number of hydrogen-bond donors (Lipinski definition) is 1. The van der Waals surface area contributed by atoms with E-state index in [9.17, 15) is 0 Å². The van der Waals surface area contributed by atoms with E-state index in [4.69, 9.17) is 38.4 Å². The number of ether oxygens (including phenoxy) is 2. The topological polar surface area (TPSA) is 44.5 Å². The van der Waals surface area contributed by atoms with Gasteiger partial charge in [-0.3, -0.25) is 0 Å². The molecular weight excluding hydrogens is 285 g/mol. The Kier molecular flexibility index (Phi) is 5.34. The third kappa shape index (κ3) is 4.25. The van der Waals surface area contributed by atoms with Crippen LogP contribution in [0.15, 0.2) is 12.1 Å². The first kappa shape index (κ1) is 14.9.